The van der Waals surface area contributed by atoms with Crippen molar-refractivity contribution in [1.29, 1.82) is 0 Å². The smallest absolute Gasteiger partial charge is 0.322 e. The lowest BCUT2D eigenvalue weighted by Crippen LogP contribution is -2.31. The molecule has 14 heavy (non-hydrogen) atoms. The van der Waals surface area contributed by atoms with Gasteiger partial charge in [0.1, 0.15) is 6.04 Å². The summed E-state index contributed by atoms with van der Waals surface area (Å²) in [6.07, 6.45) is 4.13. The van der Waals surface area contributed by atoms with Crippen molar-refractivity contribution in [3.63, 3.8) is 0 Å². The highest BCUT2D eigenvalue weighted by Crippen LogP contribution is 2.18. The van der Waals surface area contributed by atoms with Crippen molar-refractivity contribution in [2.45, 2.75) is 18.5 Å². The van der Waals surface area contributed by atoms with Gasteiger partial charge in [-0.05, 0) is 6.42 Å². The van der Waals surface area contributed by atoms with Crippen LogP contribution in [0, 0.1) is 0 Å². The van der Waals surface area contributed by atoms with Crippen LogP contribution < -0.4 is 5.32 Å². The quantitative estimate of drug-likeness (QED) is 0.637. The molecule has 0 saturated carbocycles. The molecule has 0 amide bonds. The van der Waals surface area contributed by atoms with Crippen molar-refractivity contribution in [3.8, 4) is 0 Å². The third kappa shape index (κ3) is 1.60. The minimum atomic E-state index is -0.215. The van der Waals surface area contributed by atoms with Crippen LogP contribution >= 0.6 is 0 Å². The molecule has 6 nitrogen and oxygen atoms in total. The number of nitrogens with zero attached hydrogens (tertiary/aromatic N) is 3. The monoisotopic (exact) mass is 196 g/mol. The number of carbonyl (C=O) groups is 1. The number of rotatable bonds is 2. The van der Waals surface area contributed by atoms with Gasteiger partial charge in [0.05, 0.1) is 19.3 Å². The van der Waals surface area contributed by atoms with E-state index >= 15 is 0 Å². The molecule has 2 heterocycles. The zero-order valence-corrected chi connectivity index (χ0v) is 7.88. The van der Waals surface area contributed by atoms with Crippen LogP contribution in [0.2, 0.25) is 0 Å². The van der Waals surface area contributed by atoms with E-state index in [1.165, 1.54) is 7.11 Å². The van der Waals surface area contributed by atoms with Gasteiger partial charge < -0.3 is 10.1 Å². The topological polar surface area (TPSA) is 69.0 Å². The summed E-state index contributed by atoms with van der Waals surface area (Å²) in [6, 6.07) is -0.0178. The lowest BCUT2D eigenvalue weighted by Gasteiger charge is -2.08. The molecule has 1 aromatic rings. The zero-order chi connectivity index (χ0) is 9.97. The number of aromatic nitrogens is 3. The summed E-state index contributed by atoms with van der Waals surface area (Å²) in [4.78, 5) is 11.2. The molecule has 1 N–H and O–H groups in total. The van der Waals surface area contributed by atoms with E-state index in [1.807, 2.05) is 0 Å². The zero-order valence-electron chi connectivity index (χ0n) is 7.88. The summed E-state index contributed by atoms with van der Waals surface area (Å²) in [7, 11) is 1.40. The standard InChI is InChI=1S/C8H12N4O2/c1-14-8(13)7-4-6(5-9-7)12-3-2-10-11-12/h2-3,6-7,9H,4-5H2,1H3. The number of nitrogens with one attached hydrogen (secondary N) is 1. The van der Waals surface area contributed by atoms with Crippen LogP contribution in [-0.4, -0.2) is 40.7 Å². The van der Waals surface area contributed by atoms with E-state index in [0.29, 0.717) is 6.42 Å². The van der Waals surface area contributed by atoms with Crippen LogP contribution in [0.1, 0.15) is 12.5 Å². The van der Waals surface area contributed by atoms with Gasteiger partial charge in [-0.15, -0.1) is 5.10 Å². The predicted molar refractivity (Wildman–Crippen MR) is 47.5 cm³/mol. The fraction of sp³-hybridized carbons (Fsp3) is 0.625. The van der Waals surface area contributed by atoms with Gasteiger partial charge in [0.2, 0.25) is 0 Å². The average molecular weight is 196 g/mol. The molecule has 2 rings (SSSR count). The summed E-state index contributed by atoms with van der Waals surface area (Å²) >= 11 is 0. The van der Waals surface area contributed by atoms with Crippen molar-refractivity contribution in [3.05, 3.63) is 12.4 Å². The maximum atomic E-state index is 11.2. The molecule has 2 unspecified atom stereocenters. The first kappa shape index (κ1) is 9.14. The summed E-state index contributed by atoms with van der Waals surface area (Å²) in [5.74, 6) is -0.215. The molecule has 1 aliphatic rings. The predicted octanol–water partition coefficient (Wildman–Crippen LogP) is -0.646. The van der Waals surface area contributed by atoms with E-state index in [0.717, 1.165) is 6.54 Å². The van der Waals surface area contributed by atoms with E-state index < -0.39 is 0 Å². The minimum Gasteiger partial charge on any atom is -0.468 e. The van der Waals surface area contributed by atoms with Gasteiger partial charge in [-0.2, -0.15) is 0 Å². The summed E-state index contributed by atoms with van der Waals surface area (Å²) < 4.78 is 6.41. The largest absolute Gasteiger partial charge is 0.468 e. The number of hydrogen-bond donors (Lipinski definition) is 1. The van der Waals surface area contributed by atoms with Crippen molar-refractivity contribution in [1.82, 2.24) is 20.3 Å². The summed E-state index contributed by atoms with van der Waals surface area (Å²) in [6.45, 7) is 0.725. The van der Waals surface area contributed by atoms with Gasteiger partial charge in [-0.3, -0.25) is 4.79 Å². The van der Waals surface area contributed by atoms with Crippen LogP contribution in [0.5, 0.6) is 0 Å². The number of methoxy groups -OCH3 is 1. The Morgan fingerprint density at radius 1 is 1.71 bits per heavy atom. The van der Waals surface area contributed by atoms with E-state index in [2.05, 4.69) is 20.4 Å². The van der Waals surface area contributed by atoms with Crippen molar-refractivity contribution in [2.24, 2.45) is 0 Å². The Kier molecular flexibility index (Phi) is 2.45. The Labute approximate surface area is 81.2 Å². The Morgan fingerprint density at radius 3 is 3.21 bits per heavy atom. The molecule has 0 aromatic carbocycles. The number of esters is 1. The Hall–Kier alpha value is -1.43. The molecule has 2 atom stereocenters. The fourth-order valence-electron chi connectivity index (χ4n) is 1.65. The summed E-state index contributed by atoms with van der Waals surface area (Å²) in [5, 5.41) is 10.7. The van der Waals surface area contributed by atoms with E-state index in [1.54, 1.807) is 17.1 Å². The second-order valence-electron chi connectivity index (χ2n) is 3.26. The molecular weight excluding hydrogens is 184 g/mol. The van der Waals surface area contributed by atoms with Crippen LogP contribution in [0.4, 0.5) is 0 Å². The molecule has 1 saturated heterocycles. The average Bonchev–Trinajstić information content (AvgIpc) is 2.86. The third-order valence-electron chi connectivity index (χ3n) is 2.41. The second-order valence-corrected chi connectivity index (χ2v) is 3.26. The molecule has 6 heteroatoms. The minimum absolute atomic E-state index is 0.196. The van der Waals surface area contributed by atoms with Gasteiger partial charge in [0.15, 0.2) is 0 Å². The second kappa shape index (κ2) is 3.75. The number of carbonyl (C=O) groups excluding carboxylic acids is 1. The van der Waals surface area contributed by atoms with E-state index in [9.17, 15) is 4.79 Å². The van der Waals surface area contributed by atoms with Crippen molar-refractivity contribution in [2.75, 3.05) is 13.7 Å². The third-order valence-corrected chi connectivity index (χ3v) is 2.41. The molecular formula is C8H12N4O2. The molecule has 1 aromatic heterocycles. The highest BCUT2D eigenvalue weighted by Gasteiger charge is 2.31. The van der Waals surface area contributed by atoms with Gasteiger partial charge in [-0.25, -0.2) is 4.68 Å². The first-order chi connectivity index (χ1) is 6.81. The highest BCUT2D eigenvalue weighted by molar-refractivity contribution is 5.76. The fourth-order valence-corrected chi connectivity index (χ4v) is 1.65. The van der Waals surface area contributed by atoms with Gasteiger partial charge in [-0.1, -0.05) is 5.21 Å². The normalized spacial score (nSPS) is 26.4. The first-order valence-corrected chi connectivity index (χ1v) is 4.48. The highest BCUT2D eigenvalue weighted by atomic mass is 16.5. The van der Waals surface area contributed by atoms with E-state index in [-0.39, 0.29) is 18.1 Å². The Morgan fingerprint density at radius 2 is 2.57 bits per heavy atom. The van der Waals surface area contributed by atoms with Crippen LogP contribution in [0.3, 0.4) is 0 Å². The van der Waals surface area contributed by atoms with Crippen LogP contribution in [0.25, 0.3) is 0 Å². The van der Waals surface area contributed by atoms with Crippen LogP contribution in [0.15, 0.2) is 12.4 Å². The Balaban J connectivity index is 1.98. The number of hydrogen-bond acceptors (Lipinski definition) is 5. The molecule has 76 valence electrons. The van der Waals surface area contributed by atoms with Gasteiger partial charge >= 0.3 is 5.97 Å². The van der Waals surface area contributed by atoms with Gasteiger partial charge in [0.25, 0.3) is 0 Å². The first-order valence-electron chi connectivity index (χ1n) is 4.48. The van der Waals surface area contributed by atoms with Crippen molar-refractivity contribution >= 4 is 5.97 Å². The maximum absolute atomic E-state index is 11.2. The molecule has 0 bridgehead atoms. The lowest BCUT2D eigenvalue weighted by molar-refractivity contribution is -0.142. The SMILES string of the molecule is COC(=O)C1CC(n2ccnn2)CN1. The molecule has 1 fully saturated rings. The van der Waals surface area contributed by atoms with Crippen molar-refractivity contribution < 1.29 is 9.53 Å². The summed E-state index contributed by atoms with van der Waals surface area (Å²) in [5.41, 5.74) is 0. The number of ether oxygens (including phenoxy) is 1. The van der Waals surface area contributed by atoms with Gasteiger partial charge in [0, 0.05) is 12.7 Å². The molecule has 1 aliphatic heterocycles. The van der Waals surface area contributed by atoms with Crippen LogP contribution in [-0.2, 0) is 9.53 Å². The molecule has 0 aliphatic carbocycles. The Bertz CT molecular complexity index is 311. The molecule has 0 radical (unpaired) electrons. The van der Waals surface area contributed by atoms with E-state index in [4.69, 9.17) is 0 Å². The molecule has 0 spiro atoms. The maximum Gasteiger partial charge on any atom is 0.322 e. The lowest BCUT2D eigenvalue weighted by atomic mass is 10.2.